The number of amides is 2. The van der Waals surface area contributed by atoms with Crippen molar-refractivity contribution in [2.75, 3.05) is 44.6 Å². The van der Waals surface area contributed by atoms with Crippen LogP contribution in [0.15, 0.2) is 30.3 Å². The van der Waals surface area contributed by atoms with Crippen LogP contribution in [-0.4, -0.2) is 91.1 Å². The van der Waals surface area contributed by atoms with Crippen molar-refractivity contribution in [1.29, 1.82) is 0 Å². The quantitative estimate of drug-likeness (QED) is 0.0684. The van der Waals surface area contributed by atoms with E-state index in [-0.39, 0.29) is 30.2 Å². The van der Waals surface area contributed by atoms with Gasteiger partial charge >= 0.3 is 23.9 Å². The zero-order valence-corrected chi connectivity index (χ0v) is 28.0. The van der Waals surface area contributed by atoms with Gasteiger partial charge < -0.3 is 30.7 Å². The molecular weight excluding hydrogens is 712 g/mol. The lowest BCUT2D eigenvalue weighted by molar-refractivity contribution is -0.193. The number of benzene rings is 2. The first-order chi connectivity index (χ1) is 24.5. The highest BCUT2D eigenvalue weighted by Gasteiger charge is 2.54. The number of alkyl halides is 6. The molecule has 0 saturated heterocycles. The molecule has 2 aliphatic rings. The maximum Gasteiger partial charge on any atom is 0.458 e. The number of carbonyl (C=O) groups is 4. The highest BCUT2D eigenvalue weighted by molar-refractivity contribution is 6.41. The molecule has 0 radical (unpaired) electrons. The summed E-state index contributed by atoms with van der Waals surface area (Å²) in [6, 6.07) is 7.12. The summed E-state index contributed by atoms with van der Waals surface area (Å²) in [6.07, 6.45) is -3.32. The van der Waals surface area contributed by atoms with E-state index < -0.39 is 35.6 Å². The number of aromatic hydroxyl groups is 1. The Kier molecular flexibility index (Phi) is 15.8. The first-order valence-corrected chi connectivity index (χ1v) is 16.6. The van der Waals surface area contributed by atoms with E-state index in [1.807, 2.05) is 4.90 Å². The molecule has 52 heavy (non-hydrogen) atoms. The Labute approximate surface area is 294 Å². The number of hydrogen-bond donors (Lipinski definition) is 4. The average Bonchev–Trinajstić information content (AvgIpc) is 3.35. The third-order valence-corrected chi connectivity index (χ3v) is 8.27. The van der Waals surface area contributed by atoms with Gasteiger partial charge in [0, 0.05) is 38.2 Å². The van der Waals surface area contributed by atoms with Crippen LogP contribution < -0.4 is 20.7 Å². The first kappa shape index (κ1) is 42.1. The van der Waals surface area contributed by atoms with Gasteiger partial charge in [-0.3, -0.25) is 19.2 Å². The molecule has 0 aromatic heterocycles. The number of rotatable bonds is 14. The molecule has 18 heteroatoms. The Bertz CT molecular complexity index is 1500. The molecule has 4 N–H and O–H groups in total. The summed E-state index contributed by atoms with van der Waals surface area (Å²) in [5.74, 6) is -7.66. The minimum absolute atomic E-state index is 0.0188. The second-order valence-electron chi connectivity index (χ2n) is 12.2. The van der Waals surface area contributed by atoms with Crippen LogP contribution in [0.1, 0.15) is 56.1 Å². The molecule has 0 spiro atoms. The third-order valence-electron chi connectivity index (χ3n) is 8.27. The van der Waals surface area contributed by atoms with Crippen molar-refractivity contribution in [3.8, 4) is 11.5 Å². The second kappa shape index (κ2) is 19.5. The number of ether oxygens (including phenoxy) is 1. The number of ketones is 2. The fraction of sp³-hybridized carbons (Fsp3) is 0.529. The van der Waals surface area contributed by atoms with Crippen molar-refractivity contribution in [3.63, 3.8) is 0 Å². The Morgan fingerprint density at radius 1 is 0.827 bits per heavy atom. The second-order valence-corrected chi connectivity index (χ2v) is 12.2. The van der Waals surface area contributed by atoms with Crippen molar-refractivity contribution < 1.29 is 64.1 Å². The molecule has 0 bridgehead atoms. The molecule has 2 amide bonds. The van der Waals surface area contributed by atoms with Crippen molar-refractivity contribution in [2.24, 2.45) is 0 Å². The van der Waals surface area contributed by atoms with Crippen molar-refractivity contribution in [3.05, 3.63) is 53.1 Å². The van der Waals surface area contributed by atoms with E-state index in [0.717, 1.165) is 37.3 Å². The summed E-state index contributed by atoms with van der Waals surface area (Å²) in [5, 5.41) is 19.4. The van der Waals surface area contributed by atoms with Crippen molar-refractivity contribution >= 4 is 29.1 Å². The number of halogens is 8. The van der Waals surface area contributed by atoms with Crippen LogP contribution in [-0.2, 0) is 32.0 Å². The molecule has 10 nitrogen and oxygen atoms in total. The van der Waals surface area contributed by atoms with Crippen LogP contribution in [0.5, 0.6) is 11.5 Å². The van der Waals surface area contributed by atoms with Gasteiger partial charge in [0.1, 0.15) is 23.1 Å². The number of hydrogen-bond acceptors (Lipinski definition) is 8. The normalized spacial score (nSPS) is 15.0. The lowest BCUT2D eigenvalue weighted by Gasteiger charge is -2.32. The van der Waals surface area contributed by atoms with Gasteiger partial charge in [-0.25, -0.2) is 8.78 Å². The minimum Gasteiger partial charge on any atom is -0.506 e. The third kappa shape index (κ3) is 13.3. The summed E-state index contributed by atoms with van der Waals surface area (Å²) in [6.45, 7) is 2.90. The topological polar surface area (TPSA) is 137 Å². The fourth-order valence-electron chi connectivity index (χ4n) is 5.75. The molecule has 2 aromatic rings. The predicted molar refractivity (Wildman–Crippen MR) is 172 cm³/mol. The van der Waals surface area contributed by atoms with E-state index in [2.05, 4.69) is 16.0 Å². The van der Waals surface area contributed by atoms with Crippen LogP contribution in [0.2, 0.25) is 0 Å². The van der Waals surface area contributed by atoms with Gasteiger partial charge in [0.15, 0.2) is 12.4 Å². The summed E-state index contributed by atoms with van der Waals surface area (Å²) >= 11 is 0. The minimum atomic E-state index is -5.77. The number of nitrogens with one attached hydrogen (secondary N) is 3. The molecule has 1 heterocycles. The van der Waals surface area contributed by atoms with Crippen LogP contribution >= 0.6 is 0 Å². The van der Waals surface area contributed by atoms with E-state index >= 15 is 0 Å². The van der Waals surface area contributed by atoms with E-state index in [1.165, 1.54) is 25.0 Å². The van der Waals surface area contributed by atoms with Crippen molar-refractivity contribution in [2.45, 2.75) is 76.2 Å². The smallest absolute Gasteiger partial charge is 0.458 e. The Morgan fingerprint density at radius 3 is 2.00 bits per heavy atom. The summed E-state index contributed by atoms with van der Waals surface area (Å²) in [5.41, 5.74) is 1.80. The number of fused-ring (bicyclic) bond motifs is 1. The van der Waals surface area contributed by atoms with Crippen molar-refractivity contribution in [1.82, 2.24) is 15.5 Å². The first-order valence-electron chi connectivity index (χ1n) is 16.6. The molecule has 1 aliphatic carbocycles. The molecule has 1 saturated carbocycles. The Morgan fingerprint density at radius 2 is 1.40 bits per heavy atom. The molecule has 0 atom stereocenters. The Balaban J connectivity index is 0.000000521. The zero-order chi connectivity index (χ0) is 38.5. The fourth-order valence-corrected chi connectivity index (χ4v) is 5.75. The van der Waals surface area contributed by atoms with Crippen LogP contribution in [0, 0.1) is 11.6 Å². The van der Waals surface area contributed by atoms with Gasteiger partial charge in [0.05, 0.1) is 0 Å². The maximum atomic E-state index is 13.4. The average molecular weight is 753 g/mol. The molecule has 0 unspecified atom stereocenters. The SMILES string of the molecule is O=C(C(=O)C(F)(F)F)C(F)(F)F.O=C1COc2c(CCNCCN(C(=O)CCNCCc3cc(F)cc(F)c3)C3CCCCCC3)ccc(O)c2N1. The highest BCUT2D eigenvalue weighted by Crippen LogP contribution is 2.39. The van der Waals surface area contributed by atoms with Gasteiger partial charge in [-0.2, -0.15) is 26.3 Å². The summed E-state index contributed by atoms with van der Waals surface area (Å²) in [7, 11) is 0. The van der Waals surface area contributed by atoms with Gasteiger partial charge in [0.2, 0.25) is 5.91 Å². The van der Waals surface area contributed by atoms with E-state index in [9.17, 15) is 59.4 Å². The van der Waals surface area contributed by atoms with E-state index in [1.54, 1.807) is 12.1 Å². The monoisotopic (exact) mass is 752 g/mol. The number of phenolic OH excluding ortho intramolecular Hbond substituents is 1. The molecule has 288 valence electrons. The number of carbonyl (C=O) groups excluding carboxylic acids is 4. The number of anilines is 1. The number of phenols is 1. The van der Waals surface area contributed by atoms with Gasteiger partial charge in [-0.1, -0.05) is 31.7 Å². The van der Waals surface area contributed by atoms with Crippen LogP contribution in [0.3, 0.4) is 0 Å². The standard InChI is InChI=1S/C30H40F2N4O4.C4F6O2/c31-23-17-21(18-24(32)19-23)9-12-33-14-11-28(39)36(25-5-3-1-2-4-6-25)16-15-34-13-10-22-7-8-26(37)29-30(22)40-20-27(38)35-29;5-3(6,7)1(11)2(12)4(8,9)10/h7-8,17-19,25,33-34,37H,1-6,9-16,20H2,(H,35,38);. The highest BCUT2D eigenvalue weighted by atomic mass is 19.4. The summed E-state index contributed by atoms with van der Waals surface area (Å²) < 4.78 is 99.3. The summed E-state index contributed by atoms with van der Waals surface area (Å²) in [4.78, 5) is 46.1. The molecule has 4 rings (SSSR count). The van der Waals surface area contributed by atoms with Gasteiger partial charge in [0.25, 0.3) is 5.91 Å². The van der Waals surface area contributed by atoms with Crippen LogP contribution in [0.25, 0.3) is 0 Å². The number of nitrogens with zero attached hydrogens (tertiary/aromatic N) is 1. The van der Waals surface area contributed by atoms with E-state index in [0.29, 0.717) is 69.0 Å². The predicted octanol–water partition coefficient (Wildman–Crippen LogP) is 5.16. The molecule has 1 aliphatic heterocycles. The van der Waals surface area contributed by atoms with Crippen LogP contribution in [0.4, 0.5) is 40.8 Å². The zero-order valence-electron chi connectivity index (χ0n) is 28.0. The Hall–Kier alpha value is -4.32. The molecular formula is C34H40F8N4O6. The lowest BCUT2D eigenvalue weighted by atomic mass is 10.1. The van der Waals surface area contributed by atoms with Gasteiger partial charge in [-0.05, 0) is 68.1 Å². The van der Waals surface area contributed by atoms with E-state index in [4.69, 9.17) is 4.74 Å². The lowest BCUT2D eigenvalue weighted by Crippen LogP contribution is -2.45. The number of Topliss-reactive ketones (excluding diaryl/α,β-unsaturated/α-hetero) is 2. The van der Waals surface area contributed by atoms with Gasteiger partial charge in [-0.15, -0.1) is 0 Å². The largest absolute Gasteiger partial charge is 0.506 e. The maximum absolute atomic E-state index is 13.4. The molecule has 1 fully saturated rings. The molecule has 2 aromatic carbocycles.